The van der Waals surface area contributed by atoms with Crippen molar-refractivity contribution in [3.8, 4) is 5.75 Å². The molecule has 3 fully saturated rings. The molecule has 5 heterocycles. The van der Waals surface area contributed by atoms with E-state index in [0.717, 1.165) is 49.2 Å². The number of likely N-dealkylation sites (tertiary alicyclic amines) is 2. The van der Waals surface area contributed by atoms with Crippen molar-refractivity contribution in [1.29, 1.82) is 0 Å². The van der Waals surface area contributed by atoms with Crippen molar-refractivity contribution in [2.24, 2.45) is 15.4 Å². The van der Waals surface area contributed by atoms with Crippen LogP contribution in [0.15, 0.2) is 76.4 Å². The average molecular weight is 791 g/mol. The van der Waals surface area contributed by atoms with Gasteiger partial charge in [-0.25, -0.2) is 4.79 Å². The number of hydrogen-bond acceptors (Lipinski definition) is 10. The first-order valence-electron chi connectivity index (χ1n) is 18.6. The number of carboxylic acids is 1. The maximum atomic E-state index is 14.2. The van der Waals surface area contributed by atoms with E-state index in [4.69, 9.17) is 27.9 Å². The molecule has 14 nitrogen and oxygen atoms in total. The van der Waals surface area contributed by atoms with Gasteiger partial charge in [-0.05, 0) is 84.5 Å². The Balaban J connectivity index is 1.06. The summed E-state index contributed by atoms with van der Waals surface area (Å²) in [5.74, 6) is -0.496. The molecule has 55 heavy (non-hydrogen) atoms. The molecule has 0 aliphatic carbocycles. The van der Waals surface area contributed by atoms with E-state index in [1.54, 1.807) is 30.5 Å². The quantitative estimate of drug-likeness (QED) is 0.259. The number of aromatic nitrogens is 1. The number of aliphatic carboxylic acids is 1. The highest BCUT2D eigenvalue weighted by molar-refractivity contribution is 6.42. The van der Waals surface area contributed by atoms with Gasteiger partial charge >= 0.3 is 12.0 Å². The maximum absolute atomic E-state index is 14.2. The van der Waals surface area contributed by atoms with Gasteiger partial charge in [-0.15, -0.1) is 5.10 Å². The first-order valence-corrected chi connectivity index (χ1v) is 19.3. The second-order valence-corrected chi connectivity index (χ2v) is 15.6. The van der Waals surface area contributed by atoms with Crippen molar-refractivity contribution in [2.45, 2.75) is 42.7 Å². The van der Waals surface area contributed by atoms with Crippen LogP contribution in [-0.4, -0.2) is 126 Å². The van der Waals surface area contributed by atoms with Gasteiger partial charge in [-0.3, -0.25) is 19.5 Å². The number of halogens is 2. The SMILES string of the molecule is COc1ccc(C2C=NN=N2)cc1C(=O)N1CCC(CCN2CCC(NC(=O)N3CCN(CC(=O)O)CC3)(c3cccnc3)CC2)(c2ccc(Cl)c(Cl)c2)C1. The zero-order chi connectivity index (χ0) is 38.6. The molecule has 2 unspecified atom stereocenters. The minimum absolute atomic E-state index is 0.0291. The zero-order valence-corrected chi connectivity index (χ0v) is 32.3. The summed E-state index contributed by atoms with van der Waals surface area (Å²) in [4.78, 5) is 51.5. The number of nitrogens with zero attached hydrogens (tertiary/aromatic N) is 8. The van der Waals surface area contributed by atoms with Crippen LogP contribution in [0.4, 0.5) is 4.79 Å². The number of nitrogens with one attached hydrogen (secondary N) is 1. The third-order valence-electron chi connectivity index (χ3n) is 11.6. The first kappa shape index (κ1) is 38.6. The molecule has 7 rings (SSSR count). The van der Waals surface area contributed by atoms with E-state index in [1.807, 2.05) is 58.5 Å². The van der Waals surface area contributed by atoms with Crippen LogP contribution in [0, 0.1) is 0 Å². The second-order valence-electron chi connectivity index (χ2n) is 14.8. The van der Waals surface area contributed by atoms with Crippen molar-refractivity contribution in [1.82, 2.24) is 29.9 Å². The summed E-state index contributed by atoms with van der Waals surface area (Å²) < 4.78 is 5.63. The molecule has 0 saturated carbocycles. The minimum Gasteiger partial charge on any atom is -0.496 e. The molecular weight excluding hydrogens is 745 g/mol. The van der Waals surface area contributed by atoms with E-state index in [1.165, 1.54) is 0 Å². The second kappa shape index (κ2) is 16.6. The van der Waals surface area contributed by atoms with Gasteiger partial charge in [0, 0.05) is 70.2 Å². The highest BCUT2D eigenvalue weighted by Crippen LogP contribution is 2.42. The topological polar surface area (TPSA) is 156 Å². The first-order chi connectivity index (χ1) is 26.6. The Morgan fingerprint density at radius 3 is 2.38 bits per heavy atom. The lowest BCUT2D eigenvalue weighted by Gasteiger charge is -2.45. The molecule has 16 heteroatoms. The maximum Gasteiger partial charge on any atom is 0.318 e. The number of carboxylic acid groups (broad SMARTS) is 1. The zero-order valence-electron chi connectivity index (χ0n) is 30.7. The third kappa shape index (κ3) is 8.47. The number of amides is 3. The van der Waals surface area contributed by atoms with Gasteiger partial charge in [0.1, 0.15) is 11.8 Å². The summed E-state index contributed by atoms with van der Waals surface area (Å²) in [7, 11) is 1.56. The van der Waals surface area contributed by atoms with Crippen LogP contribution in [0.5, 0.6) is 5.75 Å². The molecule has 0 spiro atoms. The Bertz CT molecular complexity index is 1940. The number of carbonyl (C=O) groups is 3. The van der Waals surface area contributed by atoms with Gasteiger partial charge < -0.3 is 29.9 Å². The highest BCUT2D eigenvalue weighted by Gasteiger charge is 2.44. The van der Waals surface area contributed by atoms with Crippen LogP contribution in [0.2, 0.25) is 10.0 Å². The summed E-state index contributed by atoms with van der Waals surface area (Å²) in [6.45, 7) is 5.23. The van der Waals surface area contributed by atoms with Crippen LogP contribution < -0.4 is 10.1 Å². The van der Waals surface area contributed by atoms with Crippen molar-refractivity contribution >= 4 is 47.3 Å². The normalized spacial score (nSPS) is 22.6. The number of methoxy groups -OCH3 is 1. The summed E-state index contributed by atoms with van der Waals surface area (Å²) in [6, 6.07) is 14.7. The van der Waals surface area contributed by atoms with Crippen LogP contribution >= 0.6 is 23.2 Å². The van der Waals surface area contributed by atoms with Crippen molar-refractivity contribution in [3.63, 3.8) is 0 Å². The molecule has 4 aliphatic rings. The summed E-state index contributed by atoms with van der Waals surface area (Å²) >= 11 is 13.0. The van der Waals surface area contributed by atoms with Gasteiger partial charge in [0.25, 0.3) is 5.91 Å². The summed E-state index contributed by atoms with van der Waals surface area (Å²) in [5.41, 5.74) is 2.30. The minimum atomic E-state index is -0.868. The fourth-order valence-electron chi connectivity index (χ4n) is 8.31. The van der Waals surface area contributed by atoms with Gasteiger partial charge in [0.15, 0.2) is 0 Å². The van der Waals surface area contributed by atoms with E-state index in [9.17, 15) is 19.5 Å². The Kier molecular flexibility index (Phi) is 11.7. The molecule has 2 aromatic carbocycles. The molecular formula is C39H45Cl2N9O5. The molecule has 290 valence electrons. The number of benzene rings is 2. The molecule has 3 aromatic rings. The monoisotopic (exact) mass is 789 g/mol. The largest absolute Gasteiger partial charge is 0.496 e. The number of urea groups is 1. The third-order valence-corrected chi connectivity index (χ3v) is 12.3. The summed E-state index contributed by atoms with van der Waals surface area (Å²) in [5, 5.41) is 25.3. The number of piperazine rings is 1. The van der Waals surface area contributed by atoms with E-state index in [2.05, 4.69) is 30.6 Å². The number of ether oxygens (including phenoxy) is 1. The molecule has 2 atom stereocenters. The van der Waals surface area contributed by atoms with E-state index in [-0.39, 0.29) is 29.9 Å². The Labute approximate surface area is 330 Å². The van der Waals surface area contributed by atoms with E-state index in [0.29, 0.717) is 73.5 Å². The van der Waals surface area contributed by atoms with Crippen LogP contribution in [-0.2, 0) is 15.7 Å². The Morgan fingerprint density at radius 1 is 0.909 bits per heavy atom. The number of piperidine rings is 1. The van der Waals surface area contributed by atoms with Crippen molar-refractivity contribution in [2.75, 3.05) is 72.6 Å². The summed E-state index contributed by atoms with van der Waals surface area (Å²) in [6.07, 6.45) is 8.11. The van der Waals surface area contributed by atoms with Gasteiger partial charge in [-0.2, -0.15) is 5.11 Å². The van der Waals surface area contributed by atoms with E-state index < -0.39 is 11.5 Å². The standard InChI is InChI=1S/C39H45Cl2N9O5/c1-55-34-7-4-27(33-24-43-46-45-33)21-30(34)36(53)50-16-9-38(26-50,28-5-6-31(40)32(41)22-28)8-13-47-14-10-39(11-15-47,29-3-2-12-42-23-29)44-37(54)49-19-17-48(18-20-49)25-35(51)52/h2-7,12,21-24,33H,8-11,13-20,25-26H2,1H3,(H,44,54)(H,51,52). The van der Waals surface area contributed by atoms with Crippen molar-refractivity contribution < 1.29 is 24.2 Å². The Morgan fingerprint density at radius 2 is 1.71 bits per heavy atom. The number of rotatable bonds is 11. The van der Waals surface area contributed by atoms with Gasteiger partial charge in [0.05, 0.1) is 41.0 Å². The smallest absolute Gasteiger partial charge is 0.318 e. The lowest BCUT2D eigenvalue weighted by Crippen LogP contribution is -2.59. The number of pyridine rings is 1. The predicted octanol–water partition coefficient (Wildman–Crippen LogP) is 5.47. The van der Waals surface area contributed by atoms with Crippen molar-refractivity contribution in [3.05, 3.63) is 93.2 Å². The van der Waals surface area contributed by atoms with E-state index >= 15 is 0 Å². The van der Waals surface area contributed by atoms with Crippen LogP contribution in [0.3, 0.4) is 0 Å². The molecule has 0 bridgehead atoms. The lowest BCUT2D eigenvalue weighted by molar-refractivity contribution is -0.138. The van der Waals surface area contributed by atoms with Crippen LogP contribution in [0.25, 0.3) is 0 Å². The lowest BCUT2D eigenvalue weighted by atomic mass is 9.76. The molecule has 1 aromatic heterocycles. The average Bonchev–Trinajstić information content (AvgIpc) is 3.91. The number of carbonyl (C=O) groups excluding carboxylic acids is 2. The molecule has 2 N–H and O–H groups in total. The molecule has 3 saturated heterocycles. The number of hydrogen-bond donors (Lipinski definition) is 2. The fourth-order valence-corrected chi connectivity index (χ4v) is 8.61. The van der Waals surface area contributed by atoms with Gasteiger partial charge in [0.2, 0.25) is 0 Å². The Hall–Kier alpha value is -4.63. The molecule has 0 radical (unpaired) electrons. The molecule has 4 aliphatic heterocycles. The fraction of sp³-hybridized carbons (Fsp3) is 0.462. The van der Waals surface area contributed by atoms with Crippen LogP contribution in [0.1, 0.15) is 58.8 Å². The predicted molar refractivity (Wildman–Crippen MR) is 208 cm³/mol. The molecule has 3 amide bonds. The van der Waals surface area contributed by atoms with Gasteiger partial charge in [-0.1, -0.05) is 41.4 Å². The highest BCUT2D eigenvalue weighted by atomic mass is 35.5.